The van der Waals surface area contributed by atoms with Crippen LogP contribution < -0.4 is 4.90 Å². The monoisotopic (exact) mass is 427 g/mol. The maximum atomic E-state index is 13.2. The standard InChI is InChI=1S/C23H29N3O3S/c27-23(18-24-12-14-25(15-13-24)21-9-5-2-6-10-21)26(17-20-7-3-1-4-8-20)22-11-16-30(28,29)19-22/h1-10,22H,11-19H2. The average Bonchev–Trinajstić information content (AvgIpc) is 3.13. The molecule has 0 aliphatic carbocycles. The molecule has 2 fully saturated rings. The van der Waals surface area contributed by atoms with Gasteiger partial charge in [0, 0.05) is 44.5 Å². The second-order valence-corrected chi connectivity index (χ2v) is 10.4. The van der Waals surface area contributed by atoms with Crippen LogP contribution in [0.3, 0.4) is 0 Å². The van der Waals surface area contributed by atoms with E-state index in [4.69, 9.17) is 0 Å². The number of anilines is 1. The first-order chi connectivity index (χ1) is 14.5. The van der Waals surface area contributed by atoms with Crippen LogP contribution in [0.5, 0.6) is 0 Å². The molecule has 2 aliphatic heterocycles. The van der Waals surface area contributed by atoms with Gasteiger partial charge < -0.3 is 9.80 Å². The smallest absolute Gasteiger partial charge is 0.237 e. The first-order valence-electron chi connectivity index (χ1n) is 10.6. The summed E-state index contributed by atoms with van der Waals surface area (Å²) in [5.41, 5.74) is 2.24. The van der Waals surface area contributed by atoms with Crippen molar-refractivity contribution in [1.29, 1.82) is 0 Å². The molecule has 160 valence electrons. The van der Waals surface area contributed by atoms with Crippen LogP contribution in [0.1, 0.15) is 12.0 Å². The molecule has 0 aromatic heterocycles. The van der Waals surface area contributed by atoms with E-state index in [0.29, 0.717) is 19.5 Å². The van der Waals surface area contributed by atoms with E-state index in [9.17, 15) is 13.2 Å². The normalized spacial score (nSPS) is 21.5. The molecule has 0 bridgehead atoms. The molecule has 0 N–H and O–H groups in total. The van der Waals surface area contributed by atoms with Gasteiger partial charge in [0.15, 0.2) is 9.84 Å². The second-order valence-electron chi connectivity index (χ2n) is 8.16. The van der Waals surface area contributed by atoms with Gasteiger partial charge in [-0.2, -0.15) is 0 Å². The third-order valence-corrected chi connectivity index (χ3v) is 7.77. The van der Waals surface area contributed by atoms with Crippen LogP contribution in [-0.4, -0.2) is 74.4 Å². The number of nitrogens with zero attached hydrogens (tertiary/aromatic N) is 3. The maximum absolute atomic E-state index is 13.2. The van der Waals surface area contributed by atoms with Gasteiger partial charge in [-0.25, -0.2) is 8.42 Å². The number of hydrogen-bond donors (Lipinski definition) is 0. The van der Waals surface area contributed by atoms with Gasteiger partial charge >= 0.3 is 0 Å². The SMILES string of the molecule is O=C(CN1CCN(c2ccccc2)CC1)N(Cc1ccccc1)C1CCS(=O)(=O)C1. The van der Waals surface area contributed by atoms with Gasteiger partial charge in [0.25, 0.3) is 0 Å². The maximum Gasteiger partial charge on any atom is 0.237 e. The number of amides is 1. The van der Waals surface area contributed by atoms with Crippen molar-refractivity contribution in [1.82, 2.24) is 9.80 Å². The number of carbonyl (C=O) groups is 1. The van der Waals surface area contributed by atoms with Crippen LogP contribution in [0, 0.1) is 0 Å². The molecular formula is C23H29N3O3S. The minimum atomic E-state index is -3.05. The fourth-order valence-electron chi connectivity index (χ4n) is 4.31. The predicted molar refractivity (Wildman–Crippen MR) is 119 cm³/mol. The van der Waals surface area contributed by atoms with Crippen molar-refractivity contribution in [3.05, 3.63) is 66.2 Å². The van der Waals surface area contributed by atoms with E-state index in [0.717, 1.165) is 31.7 Å². The molecule has 4 rings (SSSR count). The van der Waals surface area contributed by atoms with Crippen LogP contribution in [0.15, 0.2) is 60.7 Å². The van der Waals surface area contributed by atoms with E-state index < -0.39 is 9.84 Å². The van der Waals surface area contributed by atoms with Crippen molar-refractivity contribution in [2.75, 3.05) is 49.1 Å². The zero-order valence-electron chi connectivity index (χ0n) is 17.2. The fourth-order valence-corrected chi connectivity index (χ4v) is 6.04. The van der Waals surface area contributed by atoms with Crippen molar-refractivity contribution >= 4 is 21.4 Å². The van der Waals surface area contributed by atoms with Crippen molar-refractivity contribution in [2.24, 2.45) is 0 Å². The lowest BCUT2D eigenvalue weighted by Crippen LogP contribution is -2.51. The van der Waals surface area contributed by atoms with Gasteiger partial charge in [0.05, 0.1) is 18.1 Å². The molecule has 0 spiro atoms. The number of benzene rings is 2. The van der Waals surface area contributed by atoms with E-state index >= 15 is 0 Å². The van der Waals surface area contributed by atoms with Crippen LogP contribution in [0.4, 0.5) is 5.69 Å². The third kappa shape index (κ3) is 5.21. The quantitative estimate of drug-likeness (QED) is 0.706. The van der Waals surface area contributed by atoms with Gasteiger partial charge in [-0.05, 0) is 24.1 Å². The molecule has 2 heterocycles. The minimum Gasteiger partial charge on any atom is -0.369 e. The number of rotatable bonds is 6. The molecule has 1 amide bonds. The molecule has 30 heavy (non-hydrogen) atoms. The van der Waals surface area contributed by atoms with Crippen molar-refractivity contribution in [3.63, 3.8) is 0 Å². The Balaban J connectivity index is 1.39. The zero-order chi connectivity index (χ0) is 21.0. The number of carbonyl (C=O) groups excluding carboxylic acids is 1. The summed E-state index contributed by atoms with van der Waals surface area (Å²) < 4.78 is 24.1. The molecule has 2 aromatic carbocycles. The Morgan fingerprint density at radius 3 is 2.17 bits per heavy atom. The van der Waals surface area contributed by atoms with E-state index in [1.165, 1.54) is 5.69 Å². The lowest BCUT2D eigenvalue weighted by molar-refractivity contribution is -0.135. The first kappa shape index (κ1) is 20.9. The molecule has 6 nitrogen and oxygen atoms in total. The summed E-state index contributed by atoms with van der Waals surface area (Å²) in [5, 5.41) is 0. The molecule has 1 atom stereocenters. The largest absolute Gasteiger partial charge is 0.369 e. The van der Waals surface area contributed by atoms with Crippen molar-refractivity contribution in [3.8, 4) is 0 Å². The summed E-state index contributed by atoms with van der Waals surface area (Å²) in [7, 11) is -3.05. The van der Waals surface area contributed by atoms with E-state index in [2.05, 4.69) is 21.9 Å². The Kier molecular flexibility index (Phi) is 6.39. The average molecular weight is 428 g/mol. The highest BCUT2D eigenvalue weighted by atomic mass is 32.2. The van der Waals surface area contributed by atoms with Crippen molar-refractivity contribution < 1.29 is 13.2 Å². The first-order valence-corrected chi connectivity index (χ1v) is 12.4. The number of para-hydroxylation sites is 1. The molecule has 2 saturated heterocycles. The molecule has 2 aromatic rings. The Morgan fingerprint density at radius 2 is 1.57 bits per heavy atom. The number of piperazine rings is 1. The highest BCUT2D eigenvalue weighted by Crippen LogP contribution is 2.21. The zero-order valence-corrected chi connectivity index (χ0v) is 18.0. The summed E-state index contributed by atoms with van der Waals surface area (Å²) >= 11 is 0. The number of hydrogen-bond acceptors (Lipinski definition) is 5. The molecular weight excluding hydrogens is 398 g/mol. The summed E-state index contributed by atoms with van der Waals surface area (Å²) in [5.74, 6) is 0.272. The van der Waals surface area contributed by atoms with Crippen molar-refractivity contribution in [2.45, 2.75) is 19.0 Å². The van der Waals surface area contributed by atoms with Crippen LogP contribution in [0.2, 0.25) is 0 Å². The number of sulfone groups is 1. The second kappa shape index (κ2) is 9.18. The minimum absolute atomic E-state index is 0.0223. The highest BCUT2D eigenvalue weighted by Gasteiger charge is 2.35. The third-order valence-electron chi connectivity index (χ3n) is 6.02. The van der Waals surface area contributed by atoms with Gasteiger partial charge in [-0.1, -0.05) is 48.5 Å². The molecule has 2 aliphatic rings. The fraction of sp³-hybridized carbons (Fsp3) is 0.435. The van der Waals surface area contributed by atoms with E-state index in [1.807, 2.05) is 48.5 Å². The van der Waals surface area contributed by atoms with Crippen LogP contribution in [-0.2, 0) is 21.2 Å². The van der Waals surface area contributed by atoms with Crippen LogP contribution >= 0.6 is 0 Å². The summed E-state index contributed by atoms with van der Waals surface area (Å²) in [4.78, 5) is 19.6. The summed E-state index contributed by atoms with van der Waals surface area (Å²) in [6.45, 7) is 4.21. The van der Waals surface area contributed by atoms with Gasteiger partial charge in [0.1, 0.15) is 0 Å². The molecule has 1 unspecified atom stereocenters. The van der Waals surface area contributed by atoms with Gasteiger partial charge in [-0.3, -0.25) is 9.69 Å². The lowest BCUT2D eigenvalue weighted by Gasteiger charge is -2.37. The lowest BCUT2D eigenvalue weighted by atomic mass is 10.1. The Morgan fingerprint density at radius 1 is 0.933 bits per heavy atom. The Labute approximate surface area is 179 Å². The topological polar surface area (TPSA) is 60.9 Å². The van der Waals surface area contributed by atoms with E-state index in [1.54, 1.807) is 4.90 Å². The summed E-state index contributed by atoms with van der Waals surface area (Å²) in [6.07, 6.45) is 0.530. The van der Waals surface area contributed by atoms with Gasteiger partial charge in [-0.15, -0.1) is 0 Å². The van der Waals surface area contributed by atoms with Crippen LogP contribution in [0.25, 0.3) is 0 Å². The predicted octanol–water partition coefficient (Wildman–Crippen LogP) is 2.02. The van der Waals surface area contributed by atoms with E-state index in [-0.39, 0.29) is 23.5 Å². The highest BCUT2D eigenvalue weighted by molar-refractivity contribution is 7.91. The molecule has 0 radical (unpaired) electrons. The molecule has 7 heteroatoms. The van der Waals surface area contributed by atoms with Gasteiger partial charge in [0.2, 0.25) is 5.91 Å². The Hall–Kier alpha value is -2.38. The molecule has 0 saturated carbocycles. The summed E-state index contributed by atoms with van der Waals surface area (Å²) in [6, 6.07) is 19.9. The Bertz CT molecular complexity index is 942.